The lowest BCUT2D eigenvalue weighted by molar-refractivity contribution is 0.631. The summed E-state index contributed by atoms with van der Waals surface area (Å²) in [5, 5.41) is 2.92. The highest BCUT2D eigenvalue weighted by atomic mass is 19.1. The first kappa shape index (κ1) is 11.4. The summed E-state index contributed by atoms with van der Waals surface area (Å²) in [4.78, 5) is 4.15. The van der Waals surface area contributed by atoms with E-state index in [1.165, 1.54) is 6.07 Å². The molecule has 17 heavy (non-hydrogen) atoms. The van der Waals surface area contributed by atoms with Crippen molar-refractivity contribution in [3.05, 3.63) is 47.4 Å². The number of aromatic nitrogens is 1. The monoisotopic (exact) mass is 231 g/mol. The van der Waals surface area contributed by atoms with Gasteiger partial charge in [-0.05, 0) is 37.1 Å². The zero-order chi connectivity index (χ0) is 12.4. The van der Waals surface area contributed by atoms with Crippen molar-refractivity contribution in [2.75, 3.05) is 11.1 Å². The van der Waals surface area contributed by atoms with Gasteiger partial charge in [0.05, 0.1) is 11.4 Å². The summed E-state index contributed by atoms with van der Waals surface area (Å²) in [6.45, 7) is 3.73. The van der Waals surface area contributed by atoms with Crippen molar-refractivity contribution in [2.45, 2.75) is 13.8 Å². The summed E-state index contributed by atoms with van der Waals surface area (Å²) in [5.41, 5.74) is 8.52. The number of aryl methyl sites for hydroxylation is 2. The van der Waals surface area contributed by atoms with Crippen molar-refractivity contribution < 1.29 is 4.39 Å². The van der Waals surface area contributed by atoms with Crippen LogP contribution in [0.5, 0.6) is 0 Å². The molecule has 0 radical (unpaired) electrons. The summed E-state index contributed by atoms with van der Waals surface area (Å²) >= 11 is 0. The van der Waals surface area contributed by atoms with E-state index in [0.29, 0.717) is 17.2 Å². The summed E-state index contributed by atoms with van der Waals surface area (Å²) in [6.07, 6.45) is 1.69. The highest BCUT2D eigenvalue weighted by Gasteiger charge is 2.08. The Morgan fingerprint density at radius 1 is 1.29 bits per heavy atom. The second-order valence-corrected chi connectivity index (χ2v) is 4.01. The van der Waals surface area contributed by atoms with E-state index in [0.717, 1.165) is 11.1 Å². The van der Waals surface area contributed by atoms with Crippen LogP contribution in [0.3, 0.4) is 0 Å². The lowest BCUT2D eigenvalue weighted by Gasteiger charge is -2.11. The van der Waals surface area contributed by atoms with Gasteiger partial charge in [-0.15, -0.1) is 0 Å². The van der Waals surface area contributed by atoms with Crippen LogP contribution in [-0.2, 0) is 0 Å². The van der Waals surface area contributed by atoms with Gasteiger partial charge in [0.25, 0.3) is 0 Å². The quantitative estimate of drug-likeness (QED) is 0.834. The first-order valence-corrected chi connectivity index (χ1v) is 5.32. The van der Waals surface area contributed by atoms with Crippen LogP contribution < -0.4 is 11.1 Å². The van der Waals surface area contributed by atoms with Gasteiger partial charge < -0.3 is 11.1 Å². The summed E-state index contributed by atoms with van der Waals surface area (Å²) < 4.78 is 13.6. The van der Waals surface area contributed by atoms with Crippen LogP contribution in [-0.4, -0.2) is 4.98 Å². The molecule has 4 heteroatoms. The van der Waals surface area contributed by atoms with E-state index in [1.807, 2.05) is 19.9 Å². The fraction of sp³-hybridized carbons (Fsp3) is 0.154. The fourth-order valence-corrected chi connectivity index (χ4v) is 1.60. The topological polar surface area (TPSA) is 50.9 Å². The average molecular weight is 231 g/mol. The molecule has 1 heterocycles. The third-order valence-corrected chi connectivity index (χ3v) is 2.52. The van der Waals surface area contributed by atoms with Crippen molar-refractivity contribution >= 4 is 17.2 Å². The van der Waals surface area contributed by atoms with Gasteiger partial charge in [-0.3, -0.25) is 0 Å². The molecule has 0 fully saturated rings. The van der Waals surface area contributed by atoms with Crippen molar-refractivity contribution in [3.8, 4) is 0 Å². The summed E-state index contributed by atoms with van der Waals surface area (Å²) in [5.74, 6) is 0.163. The Morgan fingerprint density at radius 2 is 2.06 bits per heavy atom. The number of pyridine rings is 1. The maximum absolute atomic E-state index is 13.6. The van der Waals surface area contributed by atoms with Gasteiger partial charge in [0.1, 0.15) is 5.82 Å². The van der Waals surface area contributed by atoms with E-state index in [9.17, 15) is 4.39 Å². The predicted molar refractivity (Wildman–Crippen MR) is 67.8 cm³/mol. The van der Waals surface area contributed by atoms with Crippen LogP contribution in [0.2, 0.25) is 0 Å². The molecule has 0 spiro atoms. The highest BCUT2D eigenvalue weighted by molar-refractivity contribution is 5.70. The van der Waals surface area contributed by atoms with Crippen LogP contribution >= 0.6 is 0 Å². The maximum atomic E-state index is 13.6. The van der Waals surface area contributed by atoms with Gasteiger partial charge in [0, 0.05) is 6.20 Å². The third kappa shape index (κ3) is 2.36. The Kier molecular flexibility index (Phi) is 2.95. The minimum atomic E-state index is -0.313. The molecule has 0 amide bonds. The van der Waals surface area contributed by atoms with E-state index >= 15 is 0 Å². The van der Waals surface area contributed by atoms with Crippen molar-refractivity contribution in [3.63, 3.8) is 0 Å². The molecule has 3 N–H and O–H groups in total. The van der Waals surface area contributed by atoms with Crippen LogP contribution in [0, 0.1) is 19.7 Å². The van der Waals surface area contributed by atoms with E-state index < -0.39 is 0 Å². The number of para-hydroxylation sites is 1. The Morgan fingerprint density at radius 3 is 2.71 bits per heavy atom. The number of hydrogen-bond acceptors (Lipinski definition) is 3. The molecule has 0 aliphatic rings. The molecule has 1 aromatic heterocycles. The number of nitrogens with zero attached hydrogens (tertiary/aromatic N) is 1. The summed E-state index contributed by atoms with van der Waals surface area (Å²) in [7, 11) is 0. The van der Waals surface area contributed by atoms with Gasteiger partial charge in [0.15, 0.2) is 5.82 Å². The molecule has 0 aliphatic carbocycles. The molecule has 0 saturated heterocycles. The van der Waals surface area contributed by atoms with E-state index in [2.05, 4.69) is 10.3 Å². The summed E-state index contributed by atoms with van der Waals surface area (Å²) in [6, 6.07) is 6.70. The number of nitrogen functional groups attached to an aromatic ring is 1. The highest BCUT2D eigenvalue weighted by Crippen LogP contribution is 2.25. The standard InChI is InChI=1S/C13H14FN3/c1-8-6-11(15)13(16-7-8)17-12-9(2)4-3-5-10(12)14/h3-7H,15H2,1-2H3,(H,16,17). The minimum Gasteiger partial charge on any atom is -0.396 e. The van der Waals surface area contributed by atoms with Crippen molar-refractivity contribution in [1.82, 2.24) is 4.98 Å². The number of nitrogens with one attached hydrogen (secondary N) is 1. The van der Waals surface area contributed by atoms with E-state index in [4.69, 9.17) is 5.73 Å². The van der Waals surface area contributed by atoms with Gasteiger partial charge in [-0.1, -0.05) is 12.1 Å². The first-order chi connectivity index (χ1) is 8.08. The SMILES string of the molecule is Cc1cnc(Nc2c(C)cccc2F)c(N)c1. The van der Waals surface area contributed by atoms with Crippen LogP contribution in [0.1, 0.15) is 11.1 Å². The first-order valence-electron chi connectivity index (χ1n) is 5.32. The second-order valence-electron chi connectivity index (χ2n) is 4.01. The largest absolute Gasteiger partial charge is 0.396 e. The molecular weight excluding hydrogens is 217 g/mol. The zero-order valence-corrected chi connectivity index (χ0v) is 9.79. The van der Waals surface area contributed by atoms with Gasteiger partial charge in [0.2, 0.25) is 0 Å². The van der Waals surface area contributed by atoms with Gasteiger partial charge >= 0.3 is 0 Å². The molecule has 0 unspecified atom stereocenters. The molecule has 0 saturated carbocycles. The number of nitrogens with two attached hydrogens (primary N) is 1. The van der Waals surface area contributed by atoms with Crippen LogP contribution in [0.25, 0.3) is 0 Å². The van der Waals surface area contributed by atoms with E-state index in [-0.39, 0.29) is 5.82 Å². The number of rotatable bonds is 2. The Bertz CT molecular complexity index is 532. The normalized spacial score (nSPS) is 10.3. The van der Waals surface area contributed by atoms with Crippen LogP contribution in [0.4, 0.5) is 21.6 Å². The van der Waals surface area contributed by atoms with Crippen LogP contribution in [0.15, 0.2) is 30.5 Å². The van der Waals surface area contributed by atoms with Gasteiger partial charge in [-0.2, -0.15) is 0 Å². The molecule has 3 nitrogen and oxygen atoms in total. The minimum absolute atomic E-state index is 0.313. The molecule has 2 aromatic rings. The second kappa shape index (κ2) is 4.41. The van der Waals surface area contributed by atoms with Gasteiger partial charge in [-0.25, -0.2) is 9.37 Å². The molecular formula is C13H14FN3. The molecule has 1 aromatic carbocycles. The maximum Gasteiger partial charge on any atom is 0.153 e. The van der Waals surface area contributed by atoms with E-state index in [1.54, 1.807) is 18.3 Å². The predicted octanol–water partition coefficient (Wildman–Crippen LogP) is 3.16. The third-order valence-electron chi connectivity index (χ3n) is 2.52. The molecule has 0 atom stereocenters. The molecule has 88 valence electrons. The number of halogens is 1. The molecule has 0 aliphatic heterocycles. The Labute approximate surface area is 99.5 Å². The molecule has 2 rings (SSSR count). The zero-order valence-electron chi connectivity index (χ0n) is 9.79. The Balaban J connectivity index is 2.38. The molecule has 0 bridgehead atoms. The number of anilines is 3. The fourth-order valence-electron chi connectivity index (χ4n) is 1.60. The van der Waals surface area contributed by atoms with Crippen molar-refractivity contribution in [2.24, 2.45) is 0 Å². The Hall–Kier alpha value is -2.10. The average Bonchev–Trinajstić information content (AvgIpc) is 2.26. The lowest BCUT2D eigenvalue weighted by atomic mass is 10.2. The number of benzene rings is 1. The lowest BCUT2D eigenvalue weighted by Crippen LogP contribution is -2.02. The number of hydrogen-bond donors (Lipinski definition) is 2. The smallest absolute Gasteiger partial charge is 0.153 e. The van der Waals surface area contributed by atoms with Crippen molar-refractivity contribution in [1.29, 1.82) is 0 Å².